The number of carbonyl (C=O) groups excluding carboxylic acids is 1. The molecular weight excluding hydrogens is 358 g/mol. The van der Waals surface area contributed by atoms with Crippen molar-refractivity contribution in [2.45, 2.75) is 12.5 Å². The Kier molecular flexibility index (Phi) is 5.29. The average Bonchev–Trinajstić information content (AvgIpc) is 2.66. The van der Waals surface area contributed by atoms with Crippen LogP contribution in [-0.2, 0) is 10.3 Å². The van der Waals surface area contributed by atoms with Gasteiger partial charge in [0.25, 0.3) is 0 Å². The van der Waals surface area contributed by atoms with E-state index in [4.69, 9.17) is 11.6 Å². The van der Waals surface area contributed by atoms with E-state index in [9.17, 15) is 4.79 Å². The lowest BCUT2D eigenvalue weighted by molar-refractivity contribution is -0.132. The van der Waals surface area contributed by atoms with E-state index in [-0.39, 0.29) is 5.91 Å². The van der Waals surface area contributed by atoms with E-state index in [1.54, 1.807) is 4.90 Å². The maximum absolute atomic E-state index is 12.0. The minimum Gasteiger partial charge on any atom is -0.388 e. The van der Waals surface area contributed by atoms with E-state index in [1.807, 2.05) is 44.3 Å². The zero-order valence-corrected chi connectivity index (χ0v) is 16.4. The molecule has 0 atom stereocenters. The van der Waals surface area contributed by atoms with Gasteiger partial charge in [-0.25, -0.2) is 0 Å². The van der Waals surface area contributed by atoms with Gasteiger partial charge in [0.2, 0.25) is 5.91 Å². The molecule has 0 radical (unpaired) electrons. The first-order valence-corrected chi connectivity index (χ1v) is 9.21. The number of likely N-dealkylation sites (tertiary alicyclic amines) is 1. The fourth-order valence-electron chi connectivity index (χ4n) is 3.64. The van der Waals surface area contributed by atoms with Crippen LogP contribution in [0.1, 0.15) is 16.7 Å². The van der Waals surface area contributed by atoms with Crippen molar-refractivity contribution in [3.8, 4) is 0 Å². The zero-order chi connectivity index (χ0) is 19.6. The summed E-state index contributed by atoms with van der Waals surface area (Å²) in [4.78, 5) is 13.8. The van der Waals surface area contributed by atoms with E-state index in [0.717, 1.165) is 33.1 Å². The van der Waals surface area contributed by atoms with Gasteiger partial charge in [0, 0.05) is 23.4 Å². The molecule has 1 amide bonds. The van der Waals surface area contributed by atoms with Gasteiger partial charge in [0.05, 0.1) is 18.6 Å². The fraction of sp³-hybridized carbons (Fsp3) is 0.227. The number of rotatable bonds is 6. The van der Waals surface area contributed by atoms with Crippen LogP contribution < -0.4 is 10.6 Å². The number of hydrogen-bond acceptors (Lipinski definition) is 3. The SMILES string of the molecule is C=CC(=O)N1CC(Nc2ccc(C=C)c(NC)c2)(c2cccc(Cl)c2C)C1. The molecule has 0 aromatic heterocycles. The fourth-order valence-corrected chi connectivity index (χ4v) is 3.81. The second-order valence-corrected chi connectivity index (χ2v) is 7.18. The molecule has 1 saturated heterocycles. The molecule has 5 heteroatoms. The Balaban J connectivity index is 1.99. The van der Waals surface area contributed by atoms with Crippen molar-refractivity contribution < 1.29 is 4.79 Å². The van der Waals surface area contributed by atoms with Crippen LogP contribution in [0.4, 0.5) is 11.4 Å². The quantitative estimate of drug-likeness (QED) is 0.715. The summed E-state index contributed by atoms with van der Waals surface area (Å²) in [5, 5.41) is 7.57. The first-order valence-electron chi connectivity index (χ1n) is 8.83. The van der Waals surface area contributed by atoms with Crippen molar-refractivity contribution in [2.75, 3.05) is 30.8 Å². The van der Waals surface area contributed by atoms with Gasteiger partial charge in [0.1, 0.15) is 0 Å². The van der Waals surface area contributed by atoms with Crippen LogP contribution >= 0.6 is 11.6 Å². The second-order valence-electron chi connectivity index (χ2n) is 6.77. The average molecular weight is 382 g/mol. The van der Waals surface area contributed by atoms with Crippen molar-refractivity contribution in [3.63, 3.8) is 0 Å². The number of carbonyl (C=O) groups is 1. The number of amides is 1. The van der Waals surface area contributed by atoms with Gasteiger partial charge in [-0.3, -0.25) is 4.79 Å². The molecular formula is C22H24ClN3O. The molecule has 2 N–H and O–H groups in total. The highest BCUT2D eigenvalue weighted by Gasteiger charge is 2.47. The van der Waals surface area contributed by atoms with Crippen molar-refractivity contribution in [3.05, 3.63) is 77.3 Å². The number of hydrogen-bond donors (Lipinski definition) is 2. The van der Waals surface area contributed by atoms with Crippen LogP contribution in [0.15, 0.2) is 55.6 Å². The molecule has 0 bridgehead atoms. The van der Waals surface area contributed by atoms with Crippen LogP contribution in [0.25, 0.3) is 6.08 Å². The highest BCUT2D eigenvalue weighted by Crippen LogP contribution is 2.39. The van der Waals surface area contributed by atoms with Gasteiger partial charge < -0.3 is 15.5 Å². The molecule has 2 aromatic rings. The molecule has 1 aliphatic rings. The molecule has 1 aliphatic heterocycles. The monoisotopic (exact) mass is 381 g/mol. The Bertz CT molecular complexity index is 900. The van der Waals surface area contributed by atoms with E-state index >= 15 is 0 Å². The normalized spacial score (nSPS) is 14.9. The van der Waals surface area contributed by atoms with Gasteiger partial charge >= 0.3 is 0 Å². The van der Waals surface area contributed by atoms with Gasteiger partial charge in [-0.1, -0.05) is 49.0 Å². The Morgan fingerprint density at radius 2 is 2.00 bits per heavy atom. The van der Waals surface area contributed by atoms with Crippen LogP contribution in [0.3, 0.4) is 0 Å². The van der Waals surface area contributed by atoms with E-state index in [0.29, 0.717) is 13.1 Å². The third-order valence-corrected chi connectivity index (χ3v) is 5.53. The van der Waals surface area contributed by atoms with E-state index in [1.165, 1.54) is 6.08 Å². The summed E-state index contributed by atoms with van der Waals surface area (Å²) in [6.07, 6.45) is 3.17. The van der Waals surface area contributed by atoms with Crippen molar-refractivity contribution >= 4 is 35.0 Å². The molecule has 1 heterocycles. The molecule has 0 spiro atoms. The highest BCUT2D eigenvalue weighted by atomic mass is 35.5. The molecule has 0 unspecified atom stereocenters. The molecule has 3 rings (SSSR count). The Hall–Kier alpha value is -2.72. The summed E-state index contributed by atoms with van der Waals surface area (Å²) < 4.78 is 0. The van der Waals surface area contributed by atoms with Gasteiger partial charge in [-0.05, 0) is 47.9 Å². The Labute approximate surface area is 165 Å². The summed E-state index contributed by atoms with van der Waals surface area (Å²) in [5.74, 6) is -0.0648. The first-order chi connectivity index (χ1) is 12.9. The Morgan fingerprint density at radius 3 is 2.63 bits per heavy atom. The highest BCUT2D eigenvalue weighted by molar-refractivity contribution is 6.31. The molecule has 1 fully saturated rings. The number of benzene rings is 2. The lowest BCUT2D eigenvalue weighted by atomic mass is 9.79. The standard InChI is InChI=1S/C22H24ClN3O/c1-5-16-10-11-17(12-20(16)24-4)25-22(13-26(14-22)21(27)6-2)18-8-7-9-19(23)15(18)3/h5-12,24-25H,1-2,13-14H2,3-4H3. The van der Waals surface area contributed by atoms with E-state index < -0.39 is 5.54 Å². The summed E-state index contributed by atoms with van der Waals surface area (Å²) in [5.41, 5.74) is 4.72. The summed E-state index contributed by atoms with van der Waals surface area (Å²) in [6, 6.07) is 12.0. The minimum atomic E-state index is -0.394. The first kappa shape index (κ1) is 19.1. The number of halogens is 1. The lowest BCUT2D eigenvalue weighted by Crippen LogP contribution is -2.65. The third-order valence-electron chi connectivity index (χ3n) is 5.12. The number of anilines is 2. The molecule has 0 aliphatic carbocycles. The largest absolute Gasteiger partial charge is 0.388 e. The van der Waals surface area contributed by atoms with Gasteiger partial charge in [-0.2, -0.15) is 0 Å². The van der Waals surface area contributed by atoms with Crippen LogP contribution in [0, 0.1) is 6.92 Å². The van der Waals surface area contributed by atoms with Gasteiger partial charge in [-0.15, -0.1) is 0 Å². The lowest BCUT2D eigenvalue weighted by Gasteiger charge is -2.51. The molecule has 27 heavy (non-hydrogen) atoms. The molecule has 140 valence electrons. The summed E-state index contributed by atoms with van der Waals surface area (Å²) in [6.45, 7) is 10.6. The topological polar surface area (TPSA) is 44.4 Å². The van der Waals surface area contributed by atoms with E-state index in [2.05, 4.69) is 35.9 Å². The third kappa shape index (κ3) is 3.45. The Morgan fingerprint density at radius 1 is 1.26 bits per heavy atom. The molecule has 0 saturated carbocycles. The summed E-state index contributed by atoms with van der Waals surface area (Å²) in [7, 11) is 1.89. The molecule has 4 nitrogen and oxygen atoms in total. The maximum atomic E-state index is 12.0. The minimum absolute atomic E-state index is 0.0648. The smallest absolute Gasteiger partial charge is 0.246 e. The van der Waals surface area contributed by atoms with Crippen LogP contribution in [0.2, 0.25) is 5.02 Å². The number of nitrogens with zero attached hydrogens (tertiary/aromatic N) is 1. The number of nitrogens with one attached hydrogen (secondary N) is 2. The maximum Gasteiger partial charge on any atom is 0.246 e. The zero-order valence-electron chi connectivity index (χ0n) is 15.7. The second kappa shape index (κ2) is 7.49. The van der Waals surface area contributed by atoms with Crippen molar-refractivity contribution in [2.24, 2.45) is 0 Å². The van der Waals surface area contributed by atoms with Gasteiger partial charge in [0.15, 0.2) is 0 Å². The van der Waals surface area contributed by atoms with Crippen molar-refractivity contribution in [1.82, 2.24) is 4.90 Å². The predicted octanol–water partition coefficient (Wildman–Crippen LogP) is 4.67. The van der Waals surface area contributed by atoms with Crippen molar-refractivity contribution in [1.29, 1.82) is 0 Å². The van der Waals surface area contributed by atoms with Crippen LogP contribution in [-0.4, -0.2) is 30.9 Å². The molecule has 2 aromatic carbocycles. The predicted molar refractivity (Wildman–Crippen MR) is 114 cm³/mol. The summed E-state index contributed by atoms with van der Waals surface area (Å²) >= 11 is 6.37. The van der Waals surface area contributed by atoms with Crippen LogP contribution in [0.5, 0.6) is 0 Å².